The van der Waals surface area contributed by atoms with Crippen LogP contribution in [0.25, 0.3) is 0 Å². The lowest BCUT2D eigenvalue weighted by Crippen LogP contribution is -2.35. The van der Waals surface area contributed by atoms with Gasteiger partial charge in [-0.15, -0.1) is 0 Å². The number of amides is 3. The Kier molecular flexibility index (Phi) is 3.11. The number of hydrogen-bond donors (Lipinski definition) is 0. The number of likely N-dealkylation sites (tertiary alicyclic amines) is 1. The first-order valence-electron chi connectivity index (χ1n) is 4.40. The third-order valence-corrected chi connectivity index (χ3v) is 1.99. The Morgan fingerprint density at radius 1 is 1.14 bits per heavy atom. The van der Waals surface area contributed by atoms with Crippen LogP contribution in [-0.4, -0.2) is 28.4 Å². The van der Waals surface area contributed by atoms with E-state index in [4.69, 9.17) is 0 Å². The van der Waals surface area contributed by atoms with Crippen LogP contribution in [-0.2, 0) is 19.2 Å². The molecule has 1 aliphatic rings. The van der Waals surface area contributed by atoms with Crippen LogP contribution in [0.4, 0.5) is 0 Å². The highest BCUT2D eigenvalue weighted by Crippen LogP contribution is 2.13. The van der Waals surface area contributed by atoms with Crippen LogP contribution in [0.2, 0.25) is 0 Å². The van der Waals surface area contributed by atoms with Gasteiger partial charge in [0.05, 0.1) is 0 Å². The SMILES string of the molecule is CC(=O)CCC(=O)N1C(=O)CCC1=O. The number of Topliss-reactive ketones (excluding diaryl/α,β-unsaturated/α-hetero) is 1. The summed E-state index contributed by atoms with van der Waals surface area (Å²) in [4.78, 5) is 44.7. The minimum atomic E-state index is -0.562. The first kappa shape index (κ1) is 10.6. The highest BCUT2D eigenvalue weighted by molar-refractivity contribution is 6.15. The summed E-state index contributed by atoms with van der Waals surface area (Å²) in [5.41, 5.74) is 0. The predicted molar refractivity (Wildman–Crippen MR) is 46.0 cm³/mol. The largest absolute Gasteiger partial charge is 0.300 e. The molecule has 1 saturated heterocycles. The van der Waals surface area contributed by atoms with Gasteiger partial charge in [-0.3, -0.25) is 14.4 Å². The van der Waals surface area contributed by atoms with Gasteiger partial charge in [0.25, 0.3) is 0 Å². The number of carbonyl (C=O) groups excluding carboxylic acids is 4. The van der Waals surface area contributed by atoms with Crippen LogP contribution in [0, 0.1) is 0 Å². The quantitative estimate of drug-likeness (QED) is 0.598. The molecule has 0 atom stereocenters. The molecule has 1 fully saturated rings. The Balaban J connectivity index is 2.55. The second kappa shape index (κ2) is 4.13. The van der Waals surface area contributed by atoms with Gasteiger partial charge in [0.2, 0.25) is 17.7 Å². The topological polar surface area (TPSA) is 71.5 Å². The molecular formula is C9H11NO4. The second-order valence-electron chi connectivity index (χ2n) is 3.22. The van der Waals surface area contributed by atoms with Crippen molar-refractivity contribution in [2.24, 2.45) is 0 Å². The maximum atomic E-state index is 11.3. The number of rotatable bonds is 3. The third kappa shape index (κ3) is 2.25. The molecule has 0 aromatic carbocycles. The van der Waals surface area contributed by atoms with Gasteiger partial charge in [0, 0.05) is 25.7 Å². The fourth-order valence-electron chi connectivity index (χ4n) is 1.25. The number of imide groups is 3. The summed E-state index contributed by atoms with van der Waals surface area (Å²) < 4.78 is 0. The fraction of sp³-hybridized carbons (Fsp3) is 0.556. The van der Waals surface area contributed by atoms with Crippen molar-refractivity contribution in [3.05, 3.63) is 0 Å². The van der Waals surface area contributed by atoms with Crippen molar-refractivity contribution >= 4 is 23.5 Å². The van der Waals surface area contributed by atoms with Crippen molar-refractivity contribution in [1.29, 1.82) is 0 Å². The van der Waals surface area contributed by atoms with Crippen molar-refractivity contribution in [2.45, 2.75) is 32.6 Å². The maximum Gasteiger partial charge on any atom is 0.236 e. The van der Waals surface area contributed by atoms with E-state index in [2.05, 4.69) is 0 Å². The van der Waals surface area contributed by atoms with Crippen LogP contribution < -0.4 is 0 Å². The first-order valence-corrected chi connectivity index (χ1v) is 4.40. The standard InChI is InChI=1S/C9H11NO4/c1-6(11)2-3-7(12)10-8(13)4-5-9(10)14/h2-5H2,1H3. The zero-order valence-corrected chi connectivity index (χ0v) is 7.91. The van der Waals surface area contributed by atoms with Gasteiger partial charge in [-0.05, 0) is 6.92 Å². The number of nitrogens with zero attached hydrogens (tertiary/aromatic N) is 1. The molecule has 76 valence electrons. The fourth-order valence-corrected chi connectivity index (χ4v) is 1.25. The summed E-state index contributed by atoms with van der Waals surface area (Å²) in [7, 11) is 0. The smallest absolute Gasteiger partial charge is 0.236 e. The molecule has 0 bridgehead atoms. The zero-order valence-electron chi connectivity index (χ0n) is 7.91. The zero-order chi connectivity index (χ0) is 10.7. The average Bonchev–Trinajstić information content (AvgIpc) is 2.42. The Labute approximate surface area is 81.1 Å². The summed E-state index contributed by atoms with van der Waals surface area (Å²) in [6.45, 7) is 1.36. The highest BCUT2D eigenvalue weighted by atomic mass is 16.2. The van der Waals surface area contributed by atoms with E-state index in [1.807, 2.05) is 0 Å². The van der Waals surface area contributed by atoms with Gasteiger partial charge in [0.15, 0.2) is 0 Å². The van der Waals surface area contributed by atoms with Gasteiger partial charge < -0.3 is 4.79 Å². The lowest BCUT2D eigenvalue weighted by Gasteiger charge is -2.10. The van der Waals surface area contributed by atoms with E-state index in [1.165, 1.54) is 6.92 Å². The normalized spacial score (nSPS) is 16.2. The van der Waals surface area contributed by atoms with Crippen LogP contribution >= 0.6 is 0 Å². The molecule has 5 heteroatoms. The maximum absolute atomic E-state index is 11.3. The predicted octanol–water partition coefficient (Wildman–Crippen LogP) is 0.0312. The average molecular weight is 197 g/mol. The van der Waals surface area contributed by atoms with Crippen molar-refractivity contribution in [2.75, 3.05) is 0 Å². The van der Waals surface area contributed by atoms with Crippen LogP contribution in [0.5, 0.6) is 0 Å². The number of hydrogen-bond acceptors (Lipinski definition) is 4. The van der Waals surface area contributed by atoms with E-state index in [0.717, 1.165) is 0 Å². The summed E-state index contributed by atoms with van der Waals surface area (Å²) in [6.07, 6.45) is 0.220. The summed E-state index contributed by atoms with van der Waals surface area (Å²) in [5, 5.41) is 0. The molecule has 0 spiro atoms. The number of carbonyl (C=O) groups is 4. The van der Waals surface area contributed by atoms with E-state index in [1.54, 1.807) is 0 Å². The van der Waals surface area contributed by atoms with Gasteiger partial charge in [-0.2, -0.15) is 0 Å². The molecule has 1 rings (SSSR count). The molecule has 0 aliphatic carbocycles. The lowest BCUT2D eigenvalue weighted by molar-refractivity contribution is -0.150. The molecule has 0 saturated carbocycles. The van der Waals surface area contributed by atoms with E-state index < -0.39 is 17.7 Å². The second-order valence-corrected chi connectivity index (χ2v) is 3.22. The molecule has 14 heavy (non-hydrogen) atoms. The van der Waals surface area contributed by atoms with Crippen LogP contribution in [0.1, 0.15) is 32.6 Å². The van der Waals surface area contributed by atoms with E-state index in [-0.39, 0.29) is 31.5 Å². The van der Waals surface area contributed by atoms with Gasteiger partial charge >= 0.3 is 0 Å². The molecular weight excluding hydrogens is 186 g/mol. The van der Waals surface area contributed by atoms with Crippen LogP contribution in [0.3, 0.4) is 0 Å². The Bertz CT molecular complexity index is 292. The van der Waals surface area contributed by atoms with Crippen molar-refractivity contribution < 1.29 is 19.2 Å². The minimum Gasteiger partial charge on any atom is -0.300 e. The summed E-state index contributed by atoms with van der Waals surface area (Å²) in [6, 6.07) is 0. The van der Waals surface area contributed by atoms with Crippen molar-refractivity contribution in [3.8, 4) is 0 Å². The lowest BCUT2D eigenvalue weighted by atomic mass is 10.2. The highest BCUT2D eigenvalue weighted by Gasteiger charge is 2.33. The molecule has 1 aliphatic heterocycles. The molecule has 1 heterocycles. The van der Waals surface area contributed by atoms with Crippen molar-refractivity contribution in [1.82, 2.24) is 4.90 Å². The molecule has 0 aromatic rings. The first-order chi connectivity index (χ1) is 6.52. The van der Waals surface area contributed by atoms with E-state index in [0.29, 0.717) is 4.90 Å². The molecule has 0 aromatic heterocycles. The summed E-state index contributed by atoms with van der Waals surface area (Å²) in [5.74, 6) is -1.60. The van der Waals surface area contributed by atoms with E-state index in [9.17, 15) is 19.2 Å². The molecule has 5 nitrogen and oxygen atoms in total. The number of ketones is 1. The van der Waals surface area contributed by atoms with Crippen molar-refractivity contribution in [3.63, 3.8) is 0 Å². The summed E-state index contributed by atoms with van der Waals surface area (Å²) >= 11 is 0. The Morgan fingerprint density at radius 3 is 2.07 bits per heavy atom. The van der Waals surface area contributed by atoms with Gasteiger partial charge in [-0.25, -0.2) is 4.90 Å². The molecule has 0 unspecified atom stereocenters. The van der Waals surface area contributed by atoms with E-state index >= 15 is 0 Å². The van der Waals surface area contributed by atoms with Crippen LogP contribution in [0.15, 0.2) is 0 Å². The Hall–Kier alpha value is -1.52. The monoisotopic (exact) mass is 197 g/mol. The van der Waals surface area contributed by atoms with Gasteiger partial charge in [0.1, 0.15) is 5.78 Å². The minimum absolute atomic E-state index is 0.0627. The third-order valence-electron chi connectivity index (χ3n) is 1.99. The van der Waals surface area contributed by atoms with Gasteiger partial charge in [-0.1, -0.05) is 0 Å². The molecule has 3 amide bonds. The molecule has 0 radical (unpaired) electrons. The molecule has 0 N–H and O–H groups in total. The Morgan fingerprint density at radius 2 is 1.64 bits per heavy atom.